The monoisotopic (exact) mass is 233 g/mol. The summed E-state index contributed by atoms with van der Waals surface area (Å²) in [6.07, 6.45) is 1.34. The van der Waals surface area contributed by atoms with Gasteiger partial charge in [0.15, 0.2) is 0 Å². The summed E-state index contributed by atoms with van der Waals surface area (Å²) in [6, 6.07) is 6.24. The average Bonchev–Trinajstić information content (AvgIpc) is 2.28. The highest BCUT2D eigenvalue weighted by atomic mass is 15.2. The molecule has 0 amide bonds. The number of hydrogen-bond donors (Lipinski definition) is 1. The smallest absolute Gasteiger partial charge is 0.130 e. The fourth-order valence-electron chi connectivity index (χ4n) is 2.73. The summed E-state index contributed by atoms with van der Waals surface area (Å²) in [5, 5.41) is 3.27. The summed E-state index contributed by atoms with van der Waals surface area (Å²) in [7, 11) is 0. The first-order valence-electron chi connectivity index (χ1n) is 6.65. The van der Waals surface area contributed by atoms with Crippen LogP contribution in [0.3, 0.4) is 0 Å². The Morgan fingerprint density at radius 2 is 2.00 bits per heavy atom. The molecule has 1 aromatic heterocycles. The van der Waals surface area contributed by atoms with Gasteiger partial charge in [0.25, 0.3) is 0 Å². The predicted octanol–water partition coefficient (Wildman–Crippen LogP) is 3.00. The van der Waals surface area contributed by atoms with Gasteiger partial charge < -0.3 is 10.2 Å². The number of nitrogens with one attached hydrogen (secondary N) is 1. The number of rotatable bonds is 3. The predicted molar refractivity (Wildman–Crippen MR) is 73.6 cm³/mol. The zero-order valence-electron chi connectivity index (χ0n) is 11.1. The summed E-state index contributed by atoms with van der Waals surface area (Å²) in [6.45, 7) is 9.94. The lowest BCUT2D eigenvalue weighted by Crippen LogP contribution is -2.39. The van der Waals surface area contributed by atoms with Crippen molar-refractivity contribution >= 4 is 11.6 Å². The first-order chi connectivity index (χ1) is 8.19. The Kier molecular flexibility index (Phi) is 3.87. The molecule has 2 rings (SSSR count). The molecule has 17 heavy (non-hydrogen) atoms. The van der Waals surface area contributed by atoms with Crippen molar-refractivity contribution in [1.82, 2.24) is 4.98 Å². The number of anilines is 2. The van der Waals surface area contributed by atoms with Gasteiger partial charge in [0.1, 0.15) is 11.6 Å². The summed E-state index contributed by atoms with van der Waals surface area (Å²) in [4.78, 5) is 7.09. The number of aromatic nitrogens is 1. The van der Waals surface area contributed by atoms with E-state index in [1.165, 1.54) is 6.42 Å². The van der Waals surface area contributed by atoms with Gasteiger partial charge in [-0.2, -0.15) is 0 Å². The molecular weight excluding hydrogens is 210 g/mol. The maximum atomic E-state index is 4.67. The van der Waals surface area contributed by atoms with Crippen molar-refractivity contribution in [2.24, 2.45) is 11.8 Å². The molecule has 3 nitrogen and oxygen atoms in total. The first-order valence-corrected chi connectivity index (χ1v) is 6.65. The molecule has 0 spiro atoms. The topological polar surface area (TPSA) is 28.2 Å². The molecule has 2 unspecified atom stereocenters. The Hall–Kier alpha value is -1.25. The molecule has 1 aliphatic rings. The molecule has 1 fully saturated rings. The maximum Gasteiger partial charge on any atom is 0.130 e. The van der Waals surface area contributed by atoms with E-state index in [1.54, 1.807) is 0 Å². The normalized spacial score (nSPS) is 24.8. The Balaban J connectivity index is 2.12. The van der Waals surface area contributed by atoms with Gasteiger partial charge in [0.05, 0.1) is 0 Å². The maximum absolute atomic E-state index is 4.67. The van der Waals surface area contributed by atoms with Crippen LogP contribution >= 0.6 is 0 Å². The van der Waals surface area contributed by atoms with E-state index in [0.29, 0.717) is 0 Å². The van der Waals surface area contributed by atoms with Gasteiger partial charge in [-0.3, -0.25) is 0 Å². The van der Waals surface area contributed by atoms with Crippen LogP contribution in [0.5, 0.6) is 0 Å². The molecule has 0 saturated carbocycles. The lowest BCUT2D eigenvalue weighted by Gasteiger charge is -2.35. The molecule has 0 radical (unpaired) electrons. The van der Waals surface area contributed by atoms with Crippen LogP contribution in [0.4, 0.5) is 11.6 Å². The van der Waals surface area contributed by atoms with Crippen LogP contribution in [0.2, 0.25) is 0 Å². The first kappa shape index (κ1) is 12.2. The lowest BCUT2D eigenvalue weighted by molar-refractivity contribution is 0.355. The van der Waals surface area contributed by atoms with E-state index in [4.69, 9.17) is 0 Å². The summed E-state index contributed by atoms with van der Waals surface area (Å²) in [5.41, 5.74) is 0. The molecule has 2 heterocycles. The molecule has 1 N–H and O–H groups in total. The van der Waals surface area contributed by atoms with Gasteiger partial charge in [-0.15, -0.1) is 0 Å². The minimum atomic E-state index is 0.767. The molecule has 2 atom stereocenters. The molecule has 1 aromatic rings. The number of pyridine rings is 1. The third-order valence-electron chi connectivity index (χ3n) is 3.29. The molecule has 0 bridgehead atoms. The van der Waals surface area contributed by atoms with Crippen molar-refractivity contribution in [2.45, 2.75) is 27.2 Å². The summed E-state index contributed by atoms with van der Waals surface area (Å²) in [5.74, 6) is 3.63. The fraction of sp³-hybridized carbons (Fsp3) is 0.643. The van der Waals surface area contributed by atoms with Crippen molar-refractivity contribution in [3.63, 3.8) is 0 Å². The van der Waals surface area contributed by atoms with Crippen LogP contribution in [0.1, 0.15) is 27.2 Å². The van der Waals surface area contributed by atoms with E-state index in [-0.39, 0.29) is 0 Å². The third-order valence-corrected chi connectivity index (χ3v) is 3.29. The Morgan fingerprint density at radius 1 is 1.29 bits per heavy atom. The van der Waals surface area contributed by atoms with Crippen molar-refractivity contribution in [3.05, 3.63) is 18.2 Å². The van der Waals surface area contributed by atoms with Gasteiger partial charge in [-0.1, -0.05) is 19.9 Å². The molecule has 1 aliphatic heterocycles. The van der Waals surface area contributed by atoms with Gasteiger partial charge in [0, 0.05) is 19.6 Å². The molecular formula is C14H23N3. The quantitative estimate of drug-likeness (QED) is 0.870. The highest BCUT2D eigenvalue weighted by Gasteiger charge is 2.22. The number of hydrogen-bond acceptors (Lipinski definition) is 3. The second kappa shape index (κ2) is 5.39. The Bertz CT molecular complexity index is 354. The molecule has 0 aliphatic carbocycles. The van der Waals surface area contributed by atoms with Crippen LogP contribution in [-0.4, -0.2) is 24.6 Å². The van der Waals surface area contributed by atoms with Crippen LogP contribution < -0.4 is 10.2 Å². The minimum Gasteiger partial charge on any atom is -0.370 e. The average molecular weight is 233 g/mol. The van der Waals surface area contributed by atoms with Gasteiger partial charge >= 0.3 is 0 Å². The van der Waals surface area contributed by atoms with Crippen molar-refractivity contribution in [1.29, 1.82) is 0 Å². The Morgan fingerprint density at radius 3 is 2.65 bits per heavy atom. The van der Waals surface area contributed by atoms with E-state index >= 15 is 0 Å². The Labute approximate surface area is 104 Å². The van der Waals surface area contributed by atoms with Crippen molar-refractivity contribution < 1.29 is 0 Å². The van der Waals surface area contributed by atoms with E-state index in [9.17, 15) is 0 Å². The highest BCUT2D eigenvalue weighted by molar-refractivity contribution is 5.47. The second-order valence-corrected chi connectivity index (χ2v) is 5.26. The highest BCUT2D eigenvalue weighted by Crippen LogP contribution is 2.25. The molecule has 0 aromatic carbocycles. The number of nitrogens with zero attached hydrogens (tertiary/aromatic N) is 2. The fourth-order valence-corrected chi connectivity index (χ4v) is 2.73. The van der Waals surface area contributed by atoms with E-state index in [0.717, 1.165) is 43.1 Å². The van der Waals surface area contributed by atoms with Crippen LogP contribution in [0.25, 0.3) is 0 Å². The van der Waals surface area contributed by atoms with Crippen molar-refractivity contribution in [2.75, 3.05) is 29.9 Å². The lowest BCUT2D eigenvalue weighted by atomic mass is 9.92. The van der Waals surface area contributed by atoms with Gasteiger partial charge in [-0.25, -0.2) is 4.98 Å². The van der Waals surface area contributed by atoms with Gasteiger partial charge in [-0.05, 0) is 37.3 Å². The minimum absolute atomic E-state index is 0.767. The zero-order chi connectivity index (χ0) is 12.3. The van der Waals surface area contributed by atoms with Crippen LogP contribution in [0, 0.1) is 11.8 Å². The standard InChI is InChI=1S/C14H23N3/c1-4-15-13-6-5-7-14(16-13)17-9-11(2)8-12(3)10-17/h5-7,11-12H,4,8-10H2,1-3H3,(H,15,16). The third kappa shape index (κ3) is 3.11. The second-order valence-electron chi connectivity index (χ2n) is 5.26. The molecule has 94 valence electrons. The summed E-state index contributed by atoms with van der Waals surface area (Å²) >= 11 is 0. The van der Waals surface area contributed by atoms with Crippen LogP contribution in [-0.2, 0) is 0 Å². The van der Waals surface area contributed by atoms with Gasteiger partial charge in [0.2, 0.25) is 0 Å². The molecule has 3 heteroatoms. The van der Waals surface area contributed by atoms with Crippen molar-refractivity contribution in [3.8, 4) is 0 Å². The SMILES string of the molecule is CCNc1cccc(N2CC(C)CC(C)C2)n1. The summed E-state index contributed by atoms with van der Waals surface area (Å²) < 4.78 is 0. The van der Waals surface area contributed by atoms with E-state index < -0.39 is 0 Å². The number of piperidine rings is 1. The van der Waals surface area contributed by atoms with E-state index in [2.05, 4.69) is 48.1 Å². The molecule has 1 saturated heterocycles. The zero-order valence-corrected chi connectivity index (χ0v) is 11.1. The largest absolute Gasteiger partial charge is 0.370 e. The van der Waals surface area contributed by atoms with E-state index in [1.807, 2.05) is 6.07 Å². The van der Waals surface area contributed by atoms with Crippen LogP contribution in [0.15, 0.2) is 18.2 Å².